The predicted molar refractivity (Wildman–Crippen MR) is 150 cm³/mol. The van der Waals surface area contributed by atoms with Crippen molar-refractivity contribution in [2.75, 3.05) is 30.4 Å². The molecule has 3 N–H and O–H groups in total. The van der Waals surface area contributed by atoms with E-state index >= 15 is 8.78 Å². The molecule has 3 aromatic rings. The van der Waals surface area contributed by atoms with Crippen LogP contribution < -0.4 is 25.6 Å². The third kappa shape index (κ3) is 6.54. The molecule has 1 aliphatic carbocycles. The van der Waals surface area contributed by atoms with Crippen molar-refractivity contribution in [1.29, 1.82) is 0 Å². The van der Waals surface area contributed by atoms with E-state index < -0.39 is 83.2 Å². The van der Waals surface area contributed by atoms with Crippen molar-refractivity contribution in [2.45, 2.75) is 37.0 Å². The van der Waals surface area contributed by atoms with Crippen molar-refractivity contribution >= 4 is 40.8 Å². The first-order valence-electron chi connectivity index (χ1n) is 13.4. The first-order chi connectivity index (χ1) is 20.9. The summed E-state index contributed by atoms with van der Waals surface area (Å²) in [6, 6.07) is 6.51. The summed E-state index contributed by atoms with van der Waals surface area (Å²) in [5, 5.41) is 7.83. The number of aromatic nitrogens is 1. The maximum Gasteiger partial charge on any atom is 0.421 e. The summed E-state index contributed by atoms with van der Waals surface area (Å²) in [7, 11) is 1.19. The van der Waals surface area contributed by atoms with Crippen LogP contribution in [0.3, 0.4) is 0 Å². The average molecular weight is 638 g/mol. The van der Waals surface area contributed by atoms with Crippen LogP contribution >= 0.6 is 11.6 Å². The lowest BCUT2D eigenvalue weighted by atomic mass is 9.92. The van der Waals surface area contributed by atoms with E-state index in [0.717, 1.165) is 37.2 Å². The van der Waals surface area contributed by atoms with Gasteiger partial charge in [0.05, 0.1) is 19.3 Å². The molecule has 2 aromatic carbocycles. The van der Waals surface area contributed by atoms with Gasteiger partial charge in [0.2, 0.25) is 5.91 Å². The van der Waals surface area contributed by atoms with Gasteiger partial charge in [0.25, 0.3) is 11.8 Å². The second kappa shape index (κ2) is 12.3. The fourth-order valence-corrected chi connectivity index (χ4v) is 5.09. The van der Waals surface area contributed by atoms with Gasteiger partial charge in [-0.1, -0.05) is 11.6 Å². The van der Waals surface area contributed by atoms with Crippen molar-refractivity contribution in [3.63, 3.8) is 0 Å². The number of nitrogens with zero attached hydrogens (tertiary/aromatic N) is 2. The van der Waals surface area contributed by atoms with E-state index in [2.05, 4.69) is 20.9 Å². The number of alkyl halides is 3. The number of hydrogen-bond donors (Lipinski definition) is 3. The van der Waals surface area contributed by atoms with Crippen LogP contribution in [0, 0.1) is 11.6 Å². The number of methoxy groups -OCH3 is 1. The topological polar surface area (TPSA) is 113 Å². The van der Waals surface area contributed by atoms with Gasteiger partial charge in [-0.3, -0.25) is 19.3 Å². The average Bonchev–Trinajstić information content (AvgIpc) is 3.73. The summed E-state index contributed by atoms with van der Waals surface area (Å²) >= 11 is 5.88. The second-order valence-corrected chi connectivity index (χ2v) is 10.7. The van der Waals surface area contributed by atoms with Gasteiger partial charge in [-0.05, 0) is 43.2 Å². The first kappa shape index (κ1) is 31.0. The standard InChI is InChI=1S/C29H25ClF5N5O4/c1-44-17-10-19(31)23(20(32)11-17)18-13-40(28(43)25(18)39-27(42)14-2-4-15(30)5-3-14)26-24(29(33,34)35)21(8-9-36-26)37-12-22(41)38-16-6-7-16/h2-5,8-11,16,18,25H,6-7,12-13H2,1H3,(H,36,37)(H,38,41)(H,39,42)/t18-,25-/m0/s1. The van der Waals surface area contributed by atoms with Crippen molar-refractivity contribution in [3.8, 4) is 5.75 Å². The van der Waals surface area contributed by atoms with E-state index in [4.69, 9.17) is 16.3 Å². The Morgan fingerprint density at radius 3 is 2.32 bits per heavy atom. The van der Waals surface area contributed by atoms with Gasteiger partial charge in [0.15, 0.2) is 0 Å². The zero-order valence-corrected chi connectivity index (χ0v) is 23.7. The van der Waals surface area contributed by atoms with Gasteiger partial charge < -0.3 is 20.7 Å². The predicted octanol–water partition coefficient (Wildman–Crippen LogP) is 4.66. The Balaban J connectivity index is 1.53. The van der Waals surface area contributed by atoms with Gasteiger partial charge in [-0.2, -0.15) is 13.2 Å². The Labute approximate surface area is 252 Å². The lowest BCUT2D eigenvalue weighted by molar-refractivity contribution is -0.136. The fraction of sp³-hybridized carbons (Fsp3) is 0.310. The fourth-order valence-electron chi connectivity index (χ4n) is 4.97. The quantitative estimate of drug-likeness (QED) is 0.294. The number of carbonyl (C=O) groups is 3. The molecule has 2 fully saturated rings. The number of nitrogens with one attached hydrogen (secondary N) is 3. The summed E-state index contributed by atoms with van der Waals surface area (Å²) in [5.41, 5.74) is -2.50. The molecular weight excluding hydrogens is 613 g/mol. The Morgan fingerprint density at radius 1 is 1.07 bits per heavy atom. The molecule has 1 saturated carbocycles. The molecule has 0 spiro atoms. The van der Waals surface area contributed by atoms with Gasteiger partial charge in [-0.25, -0.2) is 13.8 Å². The molecule has 2 aliphatic rings. The first-order valence-corrected chi connectivity index (χ1v) is 13.7. The molecule has 1 aliphatic heterocycles. The minimum atomic E-state index is -5.07. The number of benzene rings is 2. The highest BCUT2D eigenvalue weighted by molar-refractivity contribution is 6.30. The van der Waals surface area contributed by atoms with E-state index in [1.54, 1.807) is 0 Å². The lowest BCUT2D eigenvalue weighted by Crippen LogP contribution is -2.44. The van der Waals surface area contributed by atoms with Crippen molar-refractivity contribution in [1.82, 2.24) is 15.6 Å². The minimum Gasteiger partial charge on any atom is -0.497 e. The van der Waals surface area contributed by atoms with Crippen molar-refractivity contribution in [2.24, 2.45) is 0 Å². The molecule has 2 atom stereocenters. The maximum absolute atomic E-state index is 15.3. The minimum absolute atomic E-state index is 0.0164. The van der Waals surface area contributed by atoms with Crippen LogP contribution in [0.1, 0.15) is 40.2 Å². The molecule has 15 heteroatoms. The summed E-state index contributed by atoms with van der Waals surface area (Å²) in [6.07, 6.45) is -2.51. The molecule has 0 unspecified atom stereocenters. The largest absolute Gasteiger partial charge is 0.497 e. The number of carbonyl (C=O) groups excluding carboxylic acids is 3. The van der Waals surface area contributed by atoms with Crippen LogP contribution in [0.25, 0.3) is 0 Å². The summed E-state index contributed by atoms with van der Waals surface area (Å²) in [5.74, 6) is -7.22. The van der Waals surface area contributed by atoms with Gasteiger partial charge >= 0.3 is 6.18 Å². The molecule has 0 bridgehead atoms. The Hall–Kier alpha value is -4.46. The SMILES string of the molecule is COc1cc(F)c([C@@H]2CN(c3nccc(NCC(=O)NC4CC4)c3C(F)(F)F)C(=O)[C@H]2NC(=O)c2ccc(Cl)cc2)c(F)c1. The van der Waals surface area contributed by atoms with E-state index in [0.29, 0.717) is 9.92 Å². The molecular formula is C29H25ClF5N5O4. The van der Waals surface area contributed by atoms with E-state index in [1.807, 2.05) is 0 Å². The number of ether oxygens (including phenoxy) is 1. The highest BCUT2D eigenvalue weighted by Gasteiger charge is 2.49. The number of anilines is 2. The molecule has 1 aromatic heterocycles. The van der Waals surface area contributed by atoms with Crippen molar-refractivity contribution in [3.05, 3.63) is 82.0 Å². The monoisotopic (exact) mass is 637 g/mol. The van der Waals surface area contributed by atoms with Crippen LogP contribution in [-0.2, 0) is 15.8 Å². The molecule has 232 valence electrons. The van der Waals surface area contributed by atoms with Crippen LogP contribution in [0.2, 0.25) is 5.02 Å². The molecule has 3 amide bonds. The van der Waals surface area contributed by atoms with Crippen LogP contribution in [-0.4, -0.2) is 55.0 Å². The molecule has 9 nitrogen and oxygen atoms in total. The normalized spacial score (nSPS) is 18.2. The third-order valence-electron chi connectivity index (χ3n) is 7.22. The number of pyridine rings is 1. The second-order valence-electron chi connectivity index (χ2n) is 10.3. The van der Waals surface area contributed by atoms with Crippen LogP contribution in [0.5, 0.6) is 5.75 Å². The number of rotatable bonds is 9. The smallest absolute Gasteiger partial charge is 0.421 e. The summed E-state index contributed by atoms with van der Waals surface area (Å²) in [4.78, 5) is 43.4. The molecule has 5 rings (SSSR count). The molecule has 1 saturated heterocycles. The lowest BCUT2D eigenvalue weighted by Gasteiger charge is -2.23. The van der Waals surface area contributed by atoms with E-state index in [9.17, 15) is 27.6 Å². The maximum atomic E-state index is 15.3. The summed E-state index contributed by atoms with van der Waals surface area (Å²) < 4.78 is 78.9. The number of halogens is 6. The van der Waals surface area contributed by atoms with E-state index in [1.165, 1.54) is 31.4 Å². The zero-order valence-electron chi connectivity index (χ0n) is 23.0. The van der Waals surface area contributed by atoms with Gasteiger partial charge in [-0.15, -0.1) is 0 Å². The van der Waals surface area contributed by atoms with Crippen LogP contribution in [0.15, 0.2) is 48.7 Å². The van der Waals surface area contributed by atoms with Gasteiger partial charge in [0.1, 0.15) is 34.8 Å². The number of amides is 3. The summed E-state index contributed by atoms with van der Waals surface area (Å²) in [6.45, 7) is -1.16. The number of hydrogen-bond acceptors (Lipinski definition) is 6. The highest BCUT2D eigenvalue weighted by Crippen LogP contribution is 2.44. The van der Waals surface area contributed by atoms with E-state index in [-0.39, 0.29) is 17.4 Å². The Kier molecular flexibility index (Phi) is 8.64. The highest BCUT2D eigenvalue weighted by atomic mass is 35.5. The van der Waals surface area contributed by atoms with Crippen molar-refractivity contribution < 1.29 is 41.1 Å². The van der Waals surface area contributed by atoms with Crippen LogP contribution in [0.4, 0.5) is 33.5 Å². The third-order valence-corrected chi connectivity index (χ3v) is 7.47. The zero-order chi connectivity index (χ0) is 31.8. The van der Waals surface area contributed by atoms with Gasteiger partial charge in [0, 0.05) is 53.0 Å². The Morgan fingerprint density at radius 2 is 1.73 bits per heavy atom. The molecule has 44 heavy (non-hydrogen) atoms. The Bertz CT molecular complexity index is 1580. The molecule has 2 heterocycles. The molecule has 0 radical (unpaired) electrons.